The number of halogens is 1. The number of amides is 1. The number of likely N-dealkylation sites (N-methyl/N-ethyl adjacent to an activating group) is 1. The molecular weight excluding hydrogens is 297 g/mol. The van der Waals surface area contributed by atoms with Crippen molar-refractivity contribution in [3.05, 3.63) is 59.4 Å². The molecule has 5 heteroatoms. The van der Waals surface area contributed by atoms with Gasteiger partial charge in [-0.1, -0.05) is 23.8 Å². The fraction of sp³-hybridized carbons (Fsp3) is 0.278. The van der Waals surface area contributed by atoms with E-state index >= 15 is 0 Å². The van der Waals surface area contributed by atoms with Gasteiger partial charge in [-0.3, -0.25) is 4.79 Å². The summed E-state index contributed by atoms with van der Waals surface area (Å²) in [5.74, 6) is 0.210. The van der Waals surface area contributed by atoms with Gasteiger partial charge in [0.15, 0.2) is 18.2 Å². The Kier molecular flexibility index (Phi) is 5.57. The number of hydrogen-bond acceptors (Lipinski definition) is 3. The third kappa shape index (κ3) is 4.71. The van der Waals surface area contributed by atoms with Crippen LogP contribution in [0.2, 0.25) is 0 Å². The Balaban J connectivity index is 1.89. The van der Waals surface area contributed by atoms with Gasteiger partial charge in [0.1, 0.15) is 5.75 Å². The van der Waals surface area contributed by atoms with E-state index in [2.05, 4.69) is 0 Å². The van der Waals surface area contributed by atoms with Gasteiger partial charge < -0.3 is 14.4 Å². The first kappa shape index (κ1) is 16.8. The molecule has 0 radical (unpaired) electrons. The van der Waals surface area contributed by atoms with Gasteiger partial charge in [0.2, 0.25) is 0 Å². The summed E-state index contributed by atoms with van der Waals surface area (Å²) in [5, 5.41) is 0. The van der Waals surface area contributed by atoms with Crippen molar-refractivity contribution in [3.8, 4) is 11.5 Å². The number of hydrogen-bond donors (Lipinski definition) is 0. The first-order valence-electron chi connectivity index (χ1n) is 7.25. The van der Waals surface area contributed by atoms with E-state index in [9.17, 15) is 9.18 Å². The van der Waals surface area contributed by atoms with Crippen LogP contribution in [-0.4, -0.2) is 31.6 Å². The zero-order valence-electron chi connectivity index (χ0n) is 13.5. The van der Waals surface area contributed by atoms with Crippen molar-refractivity contribution in [1.82, 2.24) is 4.90 Å². The summed E-state index contributed by atoms with van der Waals surface area (Å²) in [5.41, 5.74) is 1.82. The second-order valence-electron chi connectivity index (χ2n) is 5.32. The fourth-order valence-electron chi connectivity index (χ4n) is 2.06. The van der Waals surface area contributed by atoms with E-state index in [0.717, 1.165) is 5.56 Å². The molecule has 0 aromatic heterocycles. The second kappa shape index (κ2) is 7.63. The van der Waals surface area contributed by atoms with Crippen molar-refractivity contribution < 1.29 is 18.7 Å². The number of rotatable bonds is 6. The van der Waals surface area contributed by atoms with E-state index in [4.69, 9.17) is 9.47 Å². The molecule has 0 saturated carbocycles. The molecule has 0 aliphatic rings. The standard InChI is InChI=1S/C18H20FNO3/c1-13-4-7-15(8-5-13)23-12-18(21)20(2)11-14-6-9-17(22-3)16(19)10-14/h4-10H,11-12H2,1-3H3. The van der Waals surface area contributed by atoms with E-state index in [1.165, 1.54) is 18.1 Å². The summed E-state index contributed by atoms with van der Waals surface area (Å²) >= 11 is 0. The number of nitrogens with zero attached hydrogens (tertiary/aromatic N) is 1. The van der Waals surface area contributed by atoms with Crippen LogP contribution < -0.4 is 9.47 Å². The highest BCUT2D eigenvalue weighted by Crippen LogP contribution is 2.18. The van der Waals surface area contributed by atoms with Crippen LogP contribution in [0.5, 0.6) is 11.5 Å². The van der Waals surface area contributed by atoms with Crippen molar-refractivity contribution in [3.63, 3.8) is 0 Å². The summed E-state index contributed by atoms with van der Waals surface area (Å²) in [6, 6.07) is 12.1. The predicted molar refractivity (Wildman–Crippen MR) is 86.1 cm³/mol. The first-order valence-corrected chi connectivity index (χ1v) is 7.25. The topological polar surface area (TPSA) is 38.8 Å². The zero-order valence-corrected chi connectivity index (χ0v) is 13.5. The number of benzene rings is 2. The highest BCUT2D eigenvalue weighted by molar-refractivity contribution is 5.77. The van der Waals surface area contributed by atoms with E-state index < -0.39 is 5.82 Å². The summed E-state index contributed by atoms with van der Waals surface area (Å²) in [6.45, 7) is 2.23. The molecular formula is C18H20FNO3. The highest BCUT2D eigenvalue weighted by atomic mass is 19.1. The number of aryl methyl sites for hydroxylation is 1. The summed E-state index contributed by atoms with van der Waals surface area (Å²) in [4.78, 5) is 13.6. The maximum absolute atomic E-state index is 13.7. The lowest BCUT2D eigenvalue weighted by molar-refractivity contribution is -0.132. The molecule has 0 unspecified atom stereocenters. The number of carbonyl (C=O) groups excluding carboxylic acids is 1. The van der Waals surface area contributed by atoms with Crippen LogP contribution in [0.3, 0.4) is 0 Å². The molecule has 1 amide bonds. The van der Waals surface area contributed by atoms with Crippen LogP contribution in [-0.2, 0) is 11.3 Å². The third-order valence-electron chi connectivity index (χ3n) is 3.44. The number of ether oxygens (including phenoxy) is 2. The van der Waals surface area contributed by atoms with E-state index in [0.29, 0.717) is 17.9 Å². The quantitative estimate of drug-likeness (QED) is 0.821. The maximum atomic E-state index is 13.7. The van der Waals surface area contributed by atoms with Gasteiger partial charge in [-0.2, -0.15) is 0 Å². The van der Waals surface area contributed by atoms with Crippen molar-refractivity contribution in [2.24, 2.45) is 0 Å². The lowest BCUT2D eigenvalue weighted by Gasteiger charge is -2.18. The molecule has 0 aliphatic heterocycles. The smallest absolute Gasteiger partial charge is 0.260 e. The molecule has 0 spiro atoms. The SMILES string of the molecule is COc1ccc(CN(C)C(=O)COc2ccc(C)cc2)cc1F. The summed E-state index contributed by atoms with van der Waals surface area (Å²) < 4.78 is 24.0. The minimum absolute atomic E-state index is 0.0573. The lowest BCUT2D eigenvalue weighted by atomic mass is 10.2. The van der Waals surface area contributed by atoms with Crippen LogP contribution in [0, 0.1) is 12.7 Å². The largest absolute Gasteiger partial charge is 0.494 e. The molecule has 0 fully saturated rings. The number of methoxy groups -OCH3 is 1. The molecule has 0 saturated heterocycles. The van der Waals surface area contributed by atoms with Crippen LogP contribution >= 0.6 is 0 Å². The summed E-state index contributed by atoms with van der Waals surface area (Å²) in [6.07, 6.45) is 0. The Morgan fingerprint density at radius 3 is 2.48 bits per heavy atom. The van der Waals surface area contributed by atoms with Crippen LogP contribution in [0.1, 0.15) is 11.1 Å². The molecule has 0 atom stereocenters. The van der Waals surface area contributed by atoms with E-state index in [1.807, 2.05) is 31.2 Å². The van der Waals surface area contributed by atoms with Crippen LogP contribution in [0.15, 0.2) is 42.5 Å². The first-order chi connectivity index (χ1) is 11.0. The molecule has 4 nitrogen and oxygen atoms in total. The predicted octanol–water partition coefficient (Wildman–Crippen LogP) is 3.18. The van der Waals surface area contributed by atoms with Gasteiger partial charge in [0.25, 0.3) is 5.91 Å². The Morgan fingerprint density at radius 1 is 1.17 bits per heavy atom. The van der Waals surface area contributed by atoms with Crippen molar-refractivity contribution in [2.45, 2.75) is 13.5 Å². The van der Waals surface area contributed by atoms with Gasteiger partial charge in [0, 0.05) is 13.6 Å². The Hall–Kier alpha value is -2.56. The number of carbonyl (C=O) groups is 1. The van der Waals surface area contributed by atoms with Gasteiger partial charge in [-0.05, 0) is 36.8 Å². The molecule has 2 rings (SSSR count). The molecule has 0 N–H and O–H groups in total. The van der Waals surface area contributed by atoms with E-state index in [-0.39, 0.29) is 18.3 Å². The second-order valence-corrected chi connectivity index (χ2v) is 5.32. The maximum Gasteiger partial charge on any atom is 0.260 e. The Bertz CT molecular complexity index is 670. The van der Waals surface area contributed by atoms with Crippen molar-refractivity contribution in [1.29, 1.82) is 0 Å². The van der Waals surface area contributed by atoms with Crippen molar-refractivity contribution in [2.75, 3.05) is 20.8 Å². The normalized spacial score (nSPS) is 10.3. The zero-order chi connectivity index (χ0) is 16.8. The molecule has 0 bridgehead atoms. The third-order valence-corrected chi connectivity index (χ3v) is 3.44. The monoisotopic (exact) mass is 317 g/mol. The van der Waals surface area contributed by atoms with Crippen LogP contribution in [0.4, 0.5) is 4.39 Å². The van der Waals surface area contributed by atoms with Crippen LogP contribution in [0.25, 0.3) is 0 Å². The minimum Gasteiger partial charge on any atom is -0.494 e. The molecule has 0 heterocycles. The highest BCUT2D eigenvalue weighted by Gasteiger charge is 2.12. The summed E-state index contributed by atoms with van der Waals surface area (Å²) in [7, 11) is 3.07. The van der Waals surface area contributed by atoms with Gasteiger partial charge in [0.05, 0.1) is 7.11 Å². The van der Waals surface area contributed by atoms with Gasteiger partial charge in [-0.25, -0.2) is 4.39 Å². The van der Waals surface area contributed by atoms with Gasteiger partial charge in [-0.15, -0.1) is 0 Å². The fourth-order valence-corrected chi connectivity index (χ4v) is 2.06. The minimum atomic E-state index is -0.443. The van der Waals surface area contributed by atoms with Gasteiger partial charge >= 0.3 is 0 Å². The van der Waals surface area contributed by atoms with Crippen molar-refractivity contribution >= 4 is 5.91 Å². The average Bonchev–Trinajstić information content (AvgIpc) is 2.54. The molecule has 2 aromatic carbocycles. The Morgan fingerprint density at radius 2 is 1.87 bits per heavy atom. The molecule has 122 valence electrons. The Labute approximate surface area is 135 Å². The average molecular weight is 317 g/mol. The molecule has 0 aliphatic carbocycles. The van der Waals surface area contributed by atoms with E-state index in [1.54, 1.807) is 19.2 Å². The molecule has 23 heavy (non-hydrogen) atoms. The lowest BCUT2D eigenvalue weighted by Crippen LogP contribution is -2.31. The molecule has 2 aromatic rings.